The number of carbonyl (C=O) groups is 1. The minimum absolute atomic E-state index is 0.0628. The van der Waals surface area contributed by atoms with Crippen LogP contribution in [0, 0.1) is 17.0 Å². The summed E-state index contributed by atoms with van der Waals surface area (Å²) < 4.78 is 31.5. The quantitative estimate of drug-likeness (QED) is 0.712. The van der Waals surface area contributed by atoms with Crippen LogP contribution in [0.4, 0.5) is 13.6 Å². The van der Waals surface area contributed by atoms with E-state index in [9.17, 15) is 18.7 Å². The molecule has 1 aromatic carbocycles. The Bertz CT molecular complexity index is 547. The zero-order valence-electron chi connectivity index (χ0n) is 14.5. The predicted octanol–water partition coefficient (Wildman–Crippen LogP) is 2.75. The highest BCUT2D eigenvalue weighted by molar-refractivity contribution is 5.74. The summed E-state index contributed by atoms with van der Waals surface area (Å²) in [5.41, 5.74) is 0.328. The first-order valence-electron chi connectivity index (χ1n) is 7.78. The fraction of sp³-hybridized carbons (Fsp3) is 0.588. The Labute approximate surface area is 141 Å². The summed E-state index contributed by atoms with van der Waals surface area (Å²) in [6.07, 6.45) is 0.594. The van der Waals surface area contributed by atoms with Crippen LogP contribution in [0.5, 0.6) is 0 Å². The van der Waals surface area contributed by atoms with Crippen molar-refractivity contribution in [3.05, 3.63) is 35.4 Å². The number of ether oxygens (including phenoxy) is 1. The van der Waals surface area contributed by atoms with Crippen LogP contribution >= 0.6 is 0 Å². The molecule has 136 valence electrons. The number of nitrogens with one attached hydrogen (secondary N) is 2. The van der Waals surface area contributed by atoms with Crippen LogP contribution in [0.15, 0.2) is 18.2 Å². The molecule has 1 rings (SSSR count). The van der Waals surface area contributed by atoms with E-state index in [1.807, 2.05) is 20.8 Å². The molecule has 0 aliphatic carbocycles. The van der Waals surface area contributed by atoms with Crippen molar-refractivity contribution >= 4 is 6.03 Å². The van der Waals surface area contributed by atoms with E-state index >= 15 is 0 Å². The second-order valence-corrected chi connectivity index (χ2v) is 6.94. The van der Waals surface area contributed by atoms with Gasteiger partial charge in [-0.15, -0.1) is 0 Å². The number of benzene rings is 1. The standard InChI is InChI=1S/C17H26F2N2O3/c1-17(2,3)8-12(9-22)20-16(23)21-15(10-24-4)11-5-6-13(18)14(19)7-11/h5-7,12,15,22H,8-10H2,1-4H3,(H2,20,21,23). The molecular formula is C17H26F2N2O3. The normalized spacial score (nSPS) is 14.1. The second kappa shape index (κ2) is 8.94. The number of carbonyl (C=O) groups excluding carboxylic acids is 1. The van der Waals surface area contributed by atoms with Crippen LogP contribution in [0.25, 0.3) is 0 Å². The van der Waals surface area contributed by atoms with Crippen molar-refractivity contribution < 1.29 is 23.4 Å². The highest BCUT2D eigenvalue weighted by atomic mass is 19.2. The third-order valence-corrected chi connectivity index (χ3v) is 3.40. The molecule has 0 heterocycles. The number of hydrogen-bond donors (Lipinski definition) is 3. The van der Waals surface area contributed by atoms with E-state index in [2.05, 4.69) is 10.6 Å². The van der Waals surface area contributed by atoms with Crippen molar-refractivity contribution in [2.45, 2.75) is 39.3 Å². The Morgan fingerprint density at radius 2 is 1.92 bits per heavy atom. The lowest BCUT2D eigenvalue weighted by molar-refractivity contribution is 0.160. The highest BCUT2D eigenvalue weighted by Gasteiger charge is 2.22. The van der Waals surface area contributed by atoms with E-state index in [0.717, 1.165) is 12.1 Å². The largest absolute Gasteiger partial charge is 0.394 e. The molecule has 24 heavy (non-hydrogen) atoms. The smallest absolute Gasteiger partial charge is 0.315 e. The topological polar surface area (TPSA) is 70.6 Å². The van der Waals surface area contributed by atoms with E-state index in [0.29, 0.717) is 12.0 Å². The molecule has 2 atom stereocenters. The molecule has 0 aliphatic heterocycles. The fourth-order valence-corrected chi connectivity index (χ4v) is 2.40. The third-order valence-electron chi connectivity index (χ3n) is 3.40. The highest BCUT2D eigenvalue weighted by Crippen LogP contribution is 2.21. The van der Waals surface area contributed by atoms with Gasteiger partial charge in [-0.2, -0.15) is 0 Å². The van der Waals surface area contributed by atoms with Gasteiger partial charge in [0.1, 0.15) is 0 Å². The summed E-state index contributed by atoms with van der Waals surface area (Å²) in [4.78, 5) is 12.2. The number of rotatable bonds is 7. The molecule has 2 amide bonds. The summed E-state index contributed by atoms with van der Waals surface area (Å²) in [5, 5.41) is 14.7. The summed E-state index contributed by atoms with van der Waals surface area (Å²) in [6, 6.07) is 1.87. The van der Waals surface area contributed by atoms with E-state index < -0.39 is 29.7 Å². The molecule has 0 saturated carbocycles. The molecule has 0 radical (unpaired) electrons. The number of hydrogen-bond acceptors (Lipinski definition) is 3. The molecule has 7 heteroatoms. The minimum atomic E-state index is -0.989. The molecular weight excluding hydrogens is 318 g/mol. The van der Waals surface area contributed by atoms with Gasteiger partial charge in [-0.1, -0.05) is 26.8 Å². The molecule has 3 N–H and O–H groups in total. The van der Waals surface area contributed by atoms with E-state index in [1.54, 1.807) is 0 Å². The first-order valence-corrected chi connectivity index (χ1v) is 7.78. The van der Waals surface area contributed by atoms with E-state index in [4.69, 9.17) is 4.74 Å². The summed E-state index contributed by atoms with van der Waals surface area (Å²) in [7, 11) is 1.45. The Kier molecular flexibility index (Phi) is 7.57. The van der Waals surface area contributed by atoms with Gasteiger partial charge >= 0.3 is 6.03 Å². The molecule has 0 spiro atoms. The monoisotopic (exact) mass is 344 g/mol. The Balaban J connectivity index is 2.76. The lowest BCUT2D eigenvalue weighted by Gasteiger charge is -2.26. The van der Waals surface area contributed by atoms with Crippen molar-refractivity contribution in [3.63, 3.8) is 0 Å². The van der Waals surface area contributed by atoms with Gasteiger partial charge in [-0.05, 0) is 29.5 Å². The number of amides is 2. The lowest BCUT2D eigenvalue weighted by atomic mass is 9.88. The van der Waals surface area contributed by atoms with Crippen molar-refractivity contribution in [2.24, 2.45) is 5.41 Å². The summed E-state index contributed by atoms with van der Waals surface area (Å²) >= 11 is 0. The number of urea groups is 1. The van der Waals surface area contributed by atoms with Crippen LogP contribution in [-0.2, 0) is 4.74 Å². The van der Waals surface area contributed by atoms with Crippen LogP contribution in [-0.4, -0.2) is 37.5 Å². The van der Waals surface area contributed by atoms with Crippen LogP contribution in [0.3, 0.4) is 0 Å². The third kappa shape index (κ3) is 6.80. The van der Waals surface area contributed by atoms with Gasteiger partial charge in [0.2, 0.25) is 0 Å². The summed E-state index contributed by atoms with van der Waals surface area (Å²) in [5.74, 6) is -1.94. The van der Waals surface area contributed by atoms with E-state index in [-0.39, 0.29) is 18.6 Å². The first-order chi connectivity index (χ1) is 11.2. The van der Waals surface area contributed by atoms with Crippen LogP contribution < -0.4 is 10.6 Å². The van der Waals surface area contributed by atoms with Gasteiger partial charge in [-0.25, -0.2) is 13.6 Å². The van der Waals surface area contributed by atoms with Gasteiger partial charge in [0.15, 0.2) is 11.6 Å². The molecule has 0 saturated heterocycles. The first kappa shape index (κ1) is 20.3. The Hall–Kier alpha value is -1.73. The van der Waals surface area contributed by atoms with Gasteiger partial charge in [-0.3, -0.25) is 0 Å². The van der Waals surface area contributed by atoms with E-state index in [1.165, 1.54) is 13.2 Å². The van der Waals surface area contributed by atoms with Crippen molar-refractivity contribution in [2.75, 3.05) is 20.3 Å². The fourth-order valence-electron chi connectivity index (χ4n) is 2.40. The van der Waals surface area contributed by atoms with Gasteiger partial charge < -0.3 is 20.5 Å². The van der Waals surface area contributed by atoms with Crippen LogP contribution in [0.1, 0.15) is 38.8 Å². The molecule has 0 aliphatic rings. The van der Waals surface area contributed by atoms with Gasteiger partial charge in [0.25, 0.3) is 0 Å². The second-order valence-electron chi connectivity index (χ2n) is 6.94. The molecule has 0 fully saturated rings. The maximum atomic E-state index is 13.4. The Morgan fingerprint density at radius 1 is 1.25 bits per heavy atom. The van der Waals surface area contributed by atoms with Crippen molar-refractivity contribution in [1.29, 1.82) is 0 Å². The number of aliphatic hydroxyl groups excluding tert-OH is 1. The number of aliphatic hydroxyl groups is 1. The molecule has 0 aromatic heterocycles. The maximum Gasteiger partial charge on any atom is 0.315 e. The van der Waals surface area contributed by atoms with Crippen LogP contribution in [0.2, 0.25) is 0 Å². The zero-order valence-corrected chi connectivity index (χ0v) is 14.5. The van der Waals surface area contributed by atoms with Crippen molar-refractivity contribution in [1.82, 2.24) is 10.6 Å². The average Bonchev–Trinajstić information content (AvgIpc) is 2.47. The number of halogens is 2. The van der Waals surface area contributed by atoms with Gasteiger partial charge in [0, 0.05) is 7.11 Å². The lowest BCUT2D eigenvalue weighted by Crippen LogP contribution is -2.47. The maximum absolute atomic E-state index is 13.4. The minimum Gasteiger partial charge on any atom is -0.394 e. The molecule has 2 unspecified atom stereocenters. The predicted molar refractivity (Wildman–Crippen MR) is 87.6 cm³/mol. The summed E-state index contributed by atoms with van der Waals surface area (Å²) in [6.45, 7) is 5.92. The SMILES string of the molecule is COCC(NC(=O)NC(CO)CC(C)(C)C)c1ccc(F)c(F)c1. The van der Waals surface area contributed by atoms with Crippen molar-refractivity contribution in [3.8, 4) is 0 Å². The Morgan fingerprint density at radius 3 is 2.42 bits per heavy atom. The number of methoxy groups -OCH3 is 1. The average molecular weight is 344 g/mol. The molecule has 5 nitrogen and oxygen atoms in total. The van der Waals surface area contributed by atoms with Gasteiger partial charge in [0.05, 0.1) is 25.3 Å². The zero-order chi connectivity index (χ0) is 18.3. The molecule has 0 bridgehead atoms. The molecule has 1 aromatic rings.